The maximum absolute atomic E-state index is 11.7. The highest BCUT2D eigenvalue weighted by Crippen LogP contribution is 2.33. The summed E-state index contributed by atoms with van der Waals surface area (Å²) in [6.07, 6.45) is 2.24. The van der Waals surface area contributed by atoms with Gasteiger partial charge in [0.2, 0.25) is 0 Å². The molecule has 1 aliphatic rings. The van der Waals surface area contributed by atoms with Crippen molar-refractivity contribution in [3.05, 3.63) is 29.8 Å². The van der Waals surface area contributed by atoms with Gasteiger partial charge in [0.1, 0.15) is 0 Å². The van der Waals surface area contributed by atoms with Gasteiger partial charge in [-0.15, -0.1) is 0 Å². The Kier molecular flexibility index (Phi) is 3.64. The molecule has 4 nitrogen and oxygen atoms in total. The van der Waals surface area contributed by atoms with Gasteiger partial charge >= 0.3 is 6.03 Å². The predicted molar refractivity (Wildman–Crippen MR) is 68.7 cm³/mol. The number of nitrogens with one attached hydrogen (secondary N) is 2. The van der Waals surface area contributed by atoms with Crippen LogP contribution in [0.4, 0.5) is 10.5 Å². The third-order valence-corrected chi connectivity index (χ3v) is 3.18. The smallest absolute Gasteiger partial charge is 0.319 e. The van der Waals surface area contributed by atoms with Crippen LogP contribution >= 0.6 is 0 Å². The third-order valence-electron chi connectivity index (χ3n) is 3.18. The van der Waals surface area contributed by atoms with Gasteiger partial charge in [-0.25, -0.2) is 4.79 Å². The zero-order chi connectivity index (χ0) is 12.3. The summed E-state index contributed by atoms with van der Waals surface area (Å²) in [6, 6.07) is 7.82. The number of carbonyl (C=O) groups is 1. The molecule has 1 saturated carbocycles. The Balaban J connectivity index is 1.85. The molecule has 0 radical (unpaired) electrons. The summed E-state index contributed by atoms with van der Waals surface area (Å²) >= 11 is 0. The number of carbonyl (C=O) groups excluding carboxylic acids is 1. The van der Waals surface area contributed by atoms with Crippen LogP contribution in [0.2, 0.25) is 0 Å². The number of amides is 2. The topological polar surface area (TPSA) is 67.2 Å². The first-order valence-electron chi connectivity index (χ1n) is 6.09. The lowest BCUT2D eigenvalue weighted by atomic mass is 10.2. The highest BCUT2D eigenvalue weighted by molar-refractivity contribution is 5.89. The Morgan fingerprint density at radius 3 is 3.00 bits per heavy atom. The summed E-state index contributed by atoms with van der Waals surface area (Å²) in [6.45, 7) is 2.63. The fourth-order valence-corrected chi connectivity index (χ4v) is 1.99. The molecular formula is C13H19N3O. The number of rotatable bonds is 4. The van der Waals surface area contributed by atoms with E-state index in [4.69, 9.17) is 5.73 Å². The maximum atomic E-state index is 11.7. The summed E-state index contributed by atoms with van der Waals surface area (Å²) in [5, 5.41) is 5.79. The summed E-state index contributed by atoms with van der Waals surface area (Å²) in [4.78, 5) is 11.7. The highest BCUT2D eigenvalue weighted by Gasteiger charge is 2.36. The van der Waals surface area contributed by atoms with Gasteiger partial charge in [-0.05, 0) is 30.0 Å². The highest BCUT2D eigenvalue weighted by atomic mass is 16.2. The zero-order valence-corrected chi connectivity index (χ0v) is 10.1. The van der Waals surface area contributed by atoms with E-state index in [1.54, 1.807) is 0 Å². The first-order valence-corrected chi connectivity index (χ1v) is 6.09. The minimum Gasteiger partial charge on any atom is -0.335 e. The van der Waals surface area contributed by atoms with E-state index in [1.165, 1.54) is 0 Å². The average molecular weight is 233 g/mol. The van der Waals surface area contributed by atoms with Gasteiger partial charge in [-0.3, -0.25) is 0 Å². The minimum atomic E-state index is -0.125. The molecule has 0 heterocycles. The van der Waals surface area contributed by atoms with Crippen LogP contribution in [0.3, 0.4) is 0 Å². The van der Waals surface area contributed by atoms with Gasteiger partial charge in [0.25, 0.3) is 0 Å². The molecule has 4 heteroatoms. The van der Waals surface area contributed by atoms with Crippen LogP contribution in [0.1, 0.15) is 25.3 Å². The largest absolute Gasteiger partial charge is 0.335 e. The van der Waals surface area contributed by atoms with Crippen LogP contribution in [0.15, 0.2) is 24.3 Å². The van der Waals surface area contributed by atoms with E-state index in [0.717, 1.165) is 24.1 Å². The van der Waals surface area contributed by atoms with Crippen molar-refractivity contribution in [2.24, 2.45) is 11.7 Å². The van der Waals surface area contributed by atoms with E-state index in [1.807, 2.05) is 24.3 Å². The van der Waals surface area contributed by atoms with Gasteiger partial charge < -0.3 is 16.4 Å². The molecule has 2 unspecified atom stereocenters. The molecule has 0 aliphatic heterocycles. The quantitative estimate of drug-likeness (QED) is 0.745. The standard InChI is InChI=1S/C13H19N3O/c1-2-10-7-12(10)16-13(17)15-11-5-3-4-9(6-11)8-14/h3-6,10,12H,2,7-8,14H2,1H3,(H2,15,16,17). The van der Waals surface area contributed by atoms with Crippen LogP contribution in [-0.2, 0) is 6.54 Å². The van der Waals surface area contributed by atoms with E-state index in [9.17, 15) is 4.79 Å². The number of hydrogen-bond acceptors (Lipinski definition) is 2. The molecule has 2 rings (SSSR count). The van der Waals surface area contributed by atoms with Crippen molar-refractivity contribution >= 4 is 11.7 Å². The summed E-state index contributed by atoms with van der Waals surface area (Å²) in [5.74, 6) is 0.663. The molecule has 0 saturated heterocycles. The second-order valence-electron chi connectivity index (χ2n) is 4.51. The Labute approximate surface area is 102 Å². The van der Waals surface area contributed by atoms with Gasteiger partial charge in [0.15, 0.2) is 0 Å². The van der Waals surface area contributed by atoms with Gasteiger partial charge in [-0.1, -0.05) is 25.5 Å². The lowest BCUT2D eigenvalue weighted by molar-refractivity contribution is 0.251. The van der Waals surface area contributed by atoms with Crippen molar-refractivity contribution in [1.29, 1.82) is 0 Å². The van der Waals surface area contributed by atoms with Crippen LogP contribution in [0, 0.1) is 5.92 Å². The summed E-state index contributed by atoms with van der Waals surface area (Å²) < 4.78 is 0. The Morgan fingerprint density at radius 1 is 1.53 bits per heavy atom. The molecule has 1 fully saturated rings. The van der Waals surface area contributed by atoms with Crippen molar-refractivity contribution in [3.8, 4) is 0 Å². The Hall–Kier alpha value is -1.55. The molecule has 4 N–H and O–H groups in total. The van der Waals surface area contributed by atoms with Crippen molar-refractivity contribution in [2.45, 2.75) is 32.4 Å². The first-order chi connectivity index (χ1) is 8.22. The van der Waals surface area contributed by atoms with Crippen LogP contribution < -0.4 is 16.4 Å². The fraction of sp³-hybridized carbons (Fsp3) is 0.462. The summed E-state index contributed by atoms with van der Waals surface area (Å²) in [5.41, 5.74) is 7.35. The normalized spacial score (nSPS) is 22.0. The minimum absolute atomic E-state index is 0.125. The molecule has 0 spiro atoms. The molecule has 0 bridgehead atoms. The van der Waals surface area contributed by atoms with E-state index in [2.05, 4.69) is 17.6 Å². The molecule has 1 aromatic rings. The lowest BCUT2D eigenvalue weighted by Crippen LogP contribution is -2.31. The molecule has 0 aromatic heterocycles. The summed E-state index contributed by atoms with van der Waals surface area (Å²) in [7, 11) is 0. The Bertz CT molecular complexity index is 405. The molecule has 2 atom stereocenters. The van der Waals surface area contributed by atoms with Crippen LogP contribution in [0.5, 0.6) is 0 Å². The van der Waals surface area contributed by atoms with Crippen molar-refractivity contribution in [3.63, 3.8) is 0 Å². The van der Waals surface area contributed by atoms with Crippen LogP contribution in [-0.4, -0.2) is 12.1 Å². The molecular weight excluding hydrogens is 214 g/mol. The monoisotopic (exact) mass is 233 g/mol. The van der Waals surface area contributed by atoms with E-state index < -0.39 is 0 Å². The third kappa shape index (κ3) is 3.20. The Morgan fingerprint density at radius 2 is 2.35 bits per heavy atom. The number of anilines is 1. The van der Waals surface area contributed by atoms with Gasteiger partial charge in [0, 0.05) is 18.3 Å². The number of nitrogens with two attached hydrogens (primary N) is 1. The van der Waals surface area contributed by atoms with Crippen LogP contribution in [0.25, 0.3) is 0 Å². The molecule has 1 aromatic carbocycles. The van der Waals surface area contributed by atoms with Crippen molar-refractivity contribution in [2.75, 3.05) is 5.32 Å². The maximum Gasteiger partial charge on any atom is 0.319 e. The molecule has 1 aliphatic carbocycles. The number of urea groups is 1. The van der Waals surface area contributed by atoms with E-state index in [-0.39, 0.29) is 6.03 Å². The first kappa shape index (κ1) is 11.9. The average Bonchev–Trinajstić information content (AvgIpc) is 3.07. The second kappa shape index (κ2) is 5.19. The fourth-order valence-electron chi connectivity index (χ4n) is 1.99. The van der Waals surface area contributed by atoms with Crippen molar-refractivity contribution < 1.29 is 4.79 Å². The molecule has 17 heavy (non-hydrogen) atoms. The van der Waals surface area contributed by atoms with E-state index in [0.29, 0.717) is 18.5 Å². The molecule has 2 amide bonds. The SMILES string of the molecule is CCC1CC1NC(=O)Nc1cccc(CN)c1. The van der Waals surface area contributed by atoms with Gasteiger partial charge in [0.05, 0.1) is 0 Å². The van der Waals surface area contributed by atoms with Crippen molar-refractivity contribution in [1.82, 2.24) is 5.32 Å². The number of hydrogen-bond donors (Lipinski definition) is 3. The predicted octanol–water partition coefficient (Wildman–Crippen LogP) is 2.07. The molecule has 92 valence electrons. The van der Waals surface area contributed by atoms with E-state index >= 15 is 0 Å². The zero-order valence-electron chi connectivity index (χ0n) is 10.1. The number of benzene rings is 1. The van der Waals surface area contributed by atoms with Gasteiger partial charge in [-0.2, -0.15) is 0 Å². The second-order valence-corrected chi connectivity index (χ2v) is 4.51. The lowest BCUT2D eigenvalue weighted by Gasteiger charge is -2.08.